The monoisotopic (exact) mass is 459 g/mol. The molecule has 4 rings (SSSR count). The summed E-state index contributed by atoms with van der Waals surface area (Å²) in [6.07, 6.45) is -2.26. The van der Waals surface area contributed by atoms with Gasteiger partial charge in [-0.1, -0.05) is 18.2 Å². The summed E-state index contributed by atoms with van der Waals surface area (Å²) in [4.78, 5) is 13.0. The molecule has 0 spiro atoms. The van der Waals surface area contributed by atoms with Crippen LogP contribution in [0, 0.1) is 0 Å². The smallest absolute Gasteiger partial charge is 0.399 e. The molecule has 0 aromatic heterocycles. The molecular formula is C25H29BF3NO3. The van der Waals surface area contributed by atoms with Gasteiger partial charge in [0.1, 0.15) is 0 Å². The first-order valence-electron chi connectivity index (χ1n) is 11.3. The van der Waals surface area contributed by atoms with Crippen LogP contribution >= 0.6 is 0 Å². The van der Waals surface area contributed by atoms with E-state index < -0.39 is 36.1 Å². The Morgan fingerprint density at radius 2 is 1.70 bits per heavy atom. The molecule has 176 valence electrons. The fourth-order valence-electron chi connectivity index (χ4n) is 4.00. The van der Waals surface area contributed by atoms with Crippen LogP contribution in [0.15, 0.2) is 42.5 Å². The van der Waals surface area contributed by atoms with E-state index in [1.54, 1.807) is 25.1 Å². The molecule has 0 radical (unpaired) electrons. The van der Waals surface area contributed by atoms with Crippen molar-refractivity contribution in [3.8, 4) is 0 Å². The molecule has 1 aliphatic carbocycles. The van der Waals surface area contributed by atoms with E-state index in [0.29, 0.717) is 17.0 Å². The predicted molar refractivity (Wildman–Crippen MR) is 121 cm³/mol. The molecule has 1 amide bonds. The molecule has 1 heterocycles. The molecule has 33 heavy (non-hydrogen) atoms. The minimum atomic E-state index is -4.43. The summed E-state index contributed by atoms with van der Waals surface area (Å²) in [7, 11) is -0.584. The first kappa shape index (κ1) is 23.8. The van der Waals surface area contributed by atoms with Crippen molar-refractivity contribution in [1.82, 2.24) is 5.32 Å². The van der Waals surface area contributed by atoms with Gasteiger partial charge < -0.3 is 14.6 Å². The average molecular weight is 459 g/mol. The maximum atomic E-state index is 13.1. The van der Waals surface area contributed by atoms with Crippen LogP contribution in [-0.2, 0) is 15.5 Å². The van der Waals surface area contributed by atoms with Crippen molar-refractivity contribution in [2.24, 2.45) is 0 Å². The van der Waals surface area contributed by atoms with E-state index in [9.17, 15) is 18.0 Å². The average Bonchev–Trinajstić information content (AvgIpc) is 3.54. The lowest BCUT2D eigenvalue weighted by Gasteiger charge is -2.32. The second kappa shape index (κ2) is 8.17. The number of amides is 1. The topological polar surface area (TPSA) is 47.6 Å². The molecule has 2 fully saturated rings. The quantitative estimate of drug-likeness (QED) is 0.612. The van der Waals surface area contributed by atoms with Crippen molar-refractivity contribution in [1.29, 1.82) is 0 Å². The summed E-state index contributed by atoms with van der Waals surface area (Å²) < 4.78 is 51.6. The minimum absolute atomic E-state index is 0.361. The highest BCUT2D eigenvalue weighted by atomic mass is 19.4. The Labute approximate surface area is 193 Å². The van der Waals surface area contributed by atoms with Gasteiger partial charge in [-0.15, -0.1) is 0 Å². The lowest BCUT2D eigenvalue weighted by Crippen LogP contribution is -2.41. The van der Waals surface area contributed by atoms with E-state index in [2.05, 4.69) is 5.32 Å². The Morgan fingerprint density at radius 3 is 2.27 bits per heavy atom. The normalized spacial score (nSPS) is 20.5. The zero-order chi connectivity index (χ0) is 24.2. The highest BCUT2D eigenvalue weighted by Crippen LogP contribution is 2.42. The second-order valence-electron chi connectivity index (χ2n) is 10.0. The largest absolute Gasteiger partial charge is 0.495 e. The van der Waals surface area contributed by atoms with Crippen molar-refractivity contribution in [2.75, 3.05) is 0 Å². The van der Waals surface area contributed by atoms with Crippen LogP contribution in [0.1, 0.15) is 86.5 Å². The van der Waals surface area contributed by atoms with Gasteiger partial charge in [0.15, 0.2) is 0 Å². The summed E-state index contributed by atoms with van der Waals surface area (Å²) in [5, 5.41) is 2.82. The van der Waals surface area contributed by atoms with Gasteiger partial charge >= 0.3 is 13.3 Å². The van der Waals surface area contributed by atoms with Crippen molar-refractivity contribution < 1.29 is 27.3 Å². The number of alkyl halides is 3. The van der Waals surface area contributed by atoms with Crippen LogP contribution in [-0.4, -0.2) is 24.2 Å². The van der Waals surface area contributed by atoms with Crippen LogP contribution in [0.4, 0.5) is 13.2 Å². The van der Waals surface area contributed by atoms with Gasteiger partial charge in [0.05, 0.1) is 22.8 Å². The number of hydrogen-bond donors (Lipinski definition) is 1. The number of nitrogens with one attached hydrogen (secondary N) is 1. The number of halogens is 3. The van der Waals surface area contributed by atoms with Gasteiger partial charge in [0, 0.05) is 5.56 Å². The van der Waals surface area contributed by atoms with Gasteiger partial charge in [-0.25, -0.2) is 0 Å². The van der Waals surface area contributed by atoms with E-state index in [1.165, 1.54) is 6.07 Å². The molecule has 1 N–H and O–H groups in total. The van der Waals surface area contributed by atoms with Crippen molar-refractivity contribution in [2.45, 2.75) is 76.8 Å². The van der Waals surface area contributed by atoms with Crippen molar-refractivity contribution in [3.63, 3.8) is 0 Å². The Hall–Kier alpha value is -2.32. The van der Waals surface area contributed by atoms with E-state index >= 15 is 0 Å². The molecule has 4 nitrogen and oxygen atoms in total. The summed E-state index contributed by atoms with van der Waals surface area (Å²) >= 11 is 0. The molecule has 1 atom stereocenters. The van der Waals surface area contributed by atoms with Gasteiger partial charge in [-0.05, 0) is 94.2 Å². The van der Waals surface area contributed by atoms with Crippen LogP contribution in [0.2, 0.25) is 0 Å². The number of rotatable bonds is 5. The Balaban J connectivity index is 1.57. The first-order chi connectivity index (χ1) is 15.3. The van der Waals surface area contributed by atoms with Crippen LogP contribution in [0.5, 0.6) is 0 Å². The zero-order valence-electron chi connectivity index (χ0n) is 19.5. The summed E-state index contributed by atoms with van der Waals surface area (Å²) in [5.74, 6) is 0.0696. The van der Waals surface area contributed by atoms with Crippen molar-refractivity contribution >= 4 is 18.5 Å². The molecule has 2 aromatic rings. The third kappa shape index (κ3) is 4.82. The van der Waals surface area contributed by atoms with E-state index in [1.807, 2.05) is 33.8 Å². The first-order valence-corrected chi connectivity index (χ1v) is 11.3. The Kier molecular flexibility index (Phi) is 5.90. The molecular weight excluding hydrogens is 430 g/mol. The third-order valence-corrected chi connectivity index (χ3v) is 6.93. The van der Waals surface area contributed by atoms with Gasteiger partial charge in [-0.3, -0.25) is 4.79 Å². The number of hydrogen-bond acceptors (Lipinski definition) is 3. The van der Waals surface area contributed by atoms with Crippen LogP contribution in [0.3, 0.4) is 0 Å². The second-order valence-corrected chi connectivity index (χ2v) is 10.0. The van der Waals surface area contributed by atoms with E-state index in [4.69, 9.17) is 9.31 Å². The molecule has 8 heteroatoms. The fraction of sp³-hybridized carbons (Fsp3) is 0.480. The molecule has 0 bridgehead atoms. The summed E-state index contributed by atoms with van der Waals surface area (Å²) in [5.41, 5.74) is 1.02. The lowest BCUT2D eigenvalue weighted by atomic mass is 9.74. The maximum absolute atomic E-state index is 13.1. The number of carbonyl (C=O) groups is 1. The molecule has 0 unspecified atom stereocenters. The van der Waals surface area contributed by atoms with E-state index in [-0.39, 0.29) is 5.91 Å². The summed E-state index contributed by atoms with van der Waals surface area (Å²) in [6.45, 7) is 9.60. The fourth-order valence-corrected chi connectivity index (χ4v) is 4.00. The highest BCUT2D eigenvalue weighted by molar-refractivity contribution is 6.62. The third-order valence-electron chi connectivity index (χ3n) is 6.93. The highest BCUT2D eigenvalue weighted by Gasteiger charge is 2.52. The zero-order valence-corrected chi connectivity index (χ0v) is 19.5. The standard InChI is InChI=1S/C25H29BF3NO3/c1-15(17-7-6-8-19(13-17)25(27,28)29)30-22(31)18-11-12-20(16-9-10-16)21(14-18)26-32-23(2,3)24(4,5)33-26/h6-8,11-16H,9-10H2,1-5H3,(H,30,31)/t15-/m1/s1. The van der Waals surface area contributed by atoms with Gasteiger partial charge in [-0.2, -0.15) is 13.2 Å². The van der Waals surface area contributed by atoms with Gasteiger partial charge in [0.2, 0.25) is 0 Å². The molecule has 1 saturated heterocycles. The van der Waals surface area contributed by atoms with Crippen LogP contribution < -0.4 is 10.8 Å². The SMILES string of the molecule is C[C@@H](NC(=O)c1ccc(C2CC2)c(B2OC(C)(C)C(C)(C)O2)c1)c1cccc(C(F)(F)F)c1. The molecule has 1 aliphatic heterocycles. The maximum Gasteiger partial charge on any atom is 0.495 e. The van der Waals surface area contributed by atoms with Crippen LogP contribution in [0.25, 0.3) is 0 Å². The predicted octanol–water partition coefficient (Wildman–Crippen LogP) is 5.37. The number of carbonyl (C=O) groups excluding carboxylic acids is 1. The molecule has 2 aromatic carbocycles. The van der Waals surface area contributed by atoms with E-state index in [0.717, 1.165) is 36.0 Å². The number of benzene rings is 2. The van der Waals surface area contributed by atoms with Crippen molar-refractivity contribution in [3.05, 3.63) is 64.7 Å². The van der Waals surface area contributed by atoms with Gasteiger partial charge in [0.25, 0.3) is 5.91 Å². The minimum Gasteiger partial charge on any atom is -0.399 e. The molecule has 1 saturated carbocycles. The lowest BCUT2D eigenvalue weighted by molar-refractivity contribution is -0.137. The Bertz CT molecular complexity index is 1050. The molecule has 2 aliphatic rings. The summed E-state index contributed by atoms with van der Waals surface area (Å²) in [6, 6.07) is 9.92. The Morgan fingerprint density at radius 1 is 1.06 bits per heavy atom.